The Kier molecular flexibility index (Phi) is 5.03. The van der Waals surface area contributed by atoms with Gasteiger partial charge in [0.15, 0.2) is 5.16 Å². The molecule has 132 valence electrons. The lowest BCUT2D eigenvalue weighted by atomic mass is 10.2. The highest BCUT2D eigenvalue weighted by Gasteiger charge is 2.30. The van der Waals surface area contributed by atoms with Crippen molar-refractivity contribution < 1.29 is 9.72 Å². The van der Waals surface area contributed by atoms with Gasteiger partial charge in [0.25, 0.3) is 5.69 Å². The topological polar surface area (TPSA) is 103 Å². The number of benzene rings is 1. The molecule has 0 saturated heterocycles. The standard InChI is InChI=1S/C16H19N5O3S/c1-10(2)15-18-19-16(20(15)11-7-8-11)25-9-14(22)17-12-5-3-4-6-13(12)21(23)24/h3-6,10-11H,7-9H2,1-2H3,(H,17,22). The van der Waals surface area contributed by atoms with Gasteiger partial charge in [0.05, 0.1) is 10.7 Å². The number of nitrogens with one attached hydrogen (secondary N) is 1. The van der Waals surface area contributed by atoms with Crippen molar-refractivity contribution in [2.24, 2.45) is 0 Å². The Morgan fingerprint density at radius 1 is 1.40 bits per heavy atom. The minimum absolute atomic E-state index is 0.120. The zero-order valence-corrected chi connectivity index (χ0v) is 14.8. The van der Waals surface area contributed by atoms with Crippen molar-refractivity contribution in [3.63, 3.8) is 0 Å². The molecule has 1 N–H and O–H groups in total. The Morgan fingerprint density at radius 3 is 2.76 bits per heavy atom. The lowest BCUT2D eigenvalue weighted by Crippen LogP contribution is -2.15. The normalized spacial score (nSPS) is 13.9. The zero-order valence-electron chi connectivity index (χ0n) is 14.0. The molecule has 0 spiro atoms. The number of thioether (sulfide) groups is 1. The van der Waals surface area contributed by atoms with Crippen molar-refractivity contribution in [3.8, 4) is 0 Å². The van der Waals surface area contributed by atoms with Gasteiger partial charge in [-0.25, -0.2) is 0 Å². The molecule has 0 radical (unpaired) electrons. The second kappa shape index (κ2) is 7.22. The number of hydrogen-bond acceptors (Lipinski definition) is 6. The van der Waals surface area contributed by atoms with Crippen LogP contribution in [0.15, 0.2) is 29.4 Å². The van der Waals surface area contributed by atoms with E-state index >= 15 is 0 Å². The van der Waals surface area contributed by atoms with Crippen LogP contribution in [0.25, 0.3) is 0 Å². The average molecular weight is 361 g/mol. The highest BCUT2D eigenvalue weighted by atomic mass is 32.2. The highest BCUT2D eigenvalue weighted by Crippen LogP contribution is 2.40. The maximum atomic E-state index is 12.2. The Morgan fingerprint density at radius 2 is 2.12 bits per heavy atom. The lowest BCUT2D eigenvalue weighted by Gasteiger charge is -2.10. The number of para-hydroxylation sites is 2. The molecule has 0 atom stereocenters. The van der Waals surface area contributed by atoms with E-state index in [4.69, 9.17) is 0 Å². The number of nitrogens with zero attached hydrogens (tertiary/aromatic N) is 4. The van der Waals surface area contributed by atoms with Crippen LogP contribution in [0.2, 0.25) is 0 Å². The van der Waals surface area contributed by atoms with E-state index in [2.05, 4.69) is 33.9 Å². The van der Waals surface area contributed by atoms with Crippen molar-refractivity contribution in [2.75, 3.05) is 11.1 Å². The fourth-order valence-electron chi connectivity index (χ4n) is 2.51. The summed E-state index contributed by atoms with van der Waals surface area (Å²) in [6.07, 6.45) is 2.21. The molecule has 0 bridgehead atoms. The van der Waals surface area contributed by atoms with Gasteiger partial charge in [-0.05, 0) is 18.9 Å². The first-order valence-corrected chi connectivity index (χ1v) is 9.06. The lowest BCUT2D eigenvalue weighted by molar-refractivity contribution is -0.383. The molecule has 1 aliphatic rings. The van der Waals surface area contributed by atoms with Crippen LogP contribution in [0.5, 0.6) is 0 Å². The highest BCUT2D eigenvalue weighted by molar-refractivity contribution is 7.99. The van der Waals surface area contributed by atoms with E-state index in [-0.39, 0.29) is 29.0 Å². The molecular weight excluding hydrogens is 342 g/mol. The molecule has 1 aromatic carbocycles. The molecule has 1 heterocycles. The number of nitro benzene ring substituents is 1. The predicted molar refractivity (Wildman–Crippen MR) is 94.8 cm³/mol. The first-order valence-electron chi connectivity index (χ1n) is 8.08. The van der Waals surface area contributed by atoms with E-state index in [1.807, 2.05) is 0 Å². The predicted octanol–water partition coefficient (Wildman–Crippen LogP) is 3.38. The van der Waals surface area contributed by atoms with E-state index < -0.39 is 4.92 Å². The van der Waals surface area contributed by atoms with Crippen molar-refractivity contribution >= 4 is 29.0 Å². The molecule has 1 aromatic heterocycles. The van der Waals surface area contributed by atoms with E-state index in [0.29, 0.717) is 6.04 Å². The first-order chi connectivity index (χ1) is 12.0. The summed E-state index contributed by atoms with van der Waals surface area (Å²) >= 11 is 1.30. The average Bonchev–Trinajstić information content (AvgIpc) is 3.32. The number of rotatable bonds is 7. The van der Waals surface area contributed by atoms with Crippen LogP contribution in [0, 0.1) is 10.1 Å². The van der Waals surface area contributed by atoms with Crippen LogP contribution < -0.4 is 5.32 Å². The van der Waals surface area contributed by atoms with Crippen LogP contribution in [0.4, 0.5) is 11.4 Å². The van der Waals surface area contributed by atoms with E-state index in [1.54, 1.807) is 12.1 Å². The summed E-state index contributed by atoms with van der Waals surface area (Å²) in [4.78, 5) is 22.7. The van der Waals surface area contributed by atoms with Crippen LogP contribution in [0.1, 0.15) is 44.5 Å². The molecule has 3 rings (SSSR count). The molecule has 25 heavy (non-hydrogen) atoms. The number of carbonyl (C=O) groups is 1. The fourth-order valence-corrected chi connectivity index (χ4v) is 3.32. The zero-order chi connectivity index (χ0) is 18.0. The second-order valence-corrected chi connectivity index (χ2v) is 7.15. The van der Waals surface area contributed by atoms with Gasteiger partial charge in [-0.2, -0.15) is 0 Å². The van der Waals surface area contributed by atoms with Crippen LogP contribution in [-0.2, 0) is 4.79 Å². The molecule has 1 amide bonds. The molecule has 1 aliphatic carbocycles. The molecule has 0 unspecified atom stereocenters. The number of carbonyl (C=O) groups excluding carboxylic acids is 1. The van der Waals surface area contributed by atoms with Crippen LogP contribution >= 0.6 is 11.8 Å². The van der Waals surface area contributed by atoms with Gasteiger partial charge in [-0.15, -0.1) is 10.2 Å². The maximum absolute atomic E-state index is 12.2. The van der Waals surface area contributed by atoms with Crippen LogP contribution in [-0.4, -0.2) is 31.3 Å². The largest absolute Gasteiger partial charge is 0.320 e. The number of anilines is 1. The summed E-state index contributed by atoms with van der Waals surface area (Å²) in [6.45, 7) is 4.14. The van der Waals surface area contributed by atoms with Gasteiger partial charge in [0.1, 0.15) is 11.5 Å². The summed E-state index contributed by atoms with van der Waals surface area (Å²) in [6, 6.07) is 6.52. The smallest absolute Gasteiger partial charge is 0.292 e. The minimum atomic E-state index is -0.513. The number of hydrogen-bond donors (Lipinski definition) is 1. The third kappa shape index (κ3) is 3.98. The third-order valence-corrected chi connectivity index (χ3v) is 4.77. The third-order valence-electron chi connectivity index (χ3n) is 3.83. The maximum Gasteiger partial charge on any atom is 0.292 e. The molecule has 0 aliphatic heterocycles. The van der Waals surface area contributed by atoms with Crippen molar-refractivity contribution in [3.05, 3.63) is 40.2 Å². The first kappa shape index (κ1) is 17.4. The summed E-state index contributed by atoms with van der Waals surface area (Å²) in [5, 5.41) is 22.8. The molecule has 1 saturated carbocycles. The van der Waals surface area contributed by atoms with Gasteiger partial charge >= 0.3 is 0 Å². The quantitative estimate of drug-likeness (QED) is 0.461. The summed E-state index contributed by atoms with van der Waals surface area (Å²) in [5.41, 5.74) is 0.0775. The Labute approximate surface area is 149 Å². The molecule has 2 aromatic rings. The minimum Gasteiger partial charge on any atom is -0.320 e. The van der Waals surface area contributed by atoms with Crippen molar-refractivity contribution in [1.29, 1.82) is 0 Å². The SMILES string of the molecule is CC(C)c1nnc(SCC(=O)Nc2ccccc2[N+](=O)[O-])n1C1CC1. The Balaban J connectivity index is 1.67. The van der Waals surface area contributed by atoms with Crippen molar-refractivity contribution in [1.82, 2.24) is 14.8 Å². The van der Waals surface area contributed by atoms with E-state index in [1.165, 1.54) is 23.9 Å². The number of nitro groups is 1. The van der Waals surface area contributed by atoms with Gasteiger partial charge in [-0.3, -0.25) is 14.9 Å². The van der Waals surface area contributed by atoms with E-state index in [0.717, 1.165) is 23.8 Å². The number of amides is 1. The van der Waals surface area contributed by atoms with Crippen LogP contribution in [0.3, 0.4) is 0 Å². The van der Waals surface area contributed by atoms with E-state index in [9.17, 15) is 14.9 Å². The fraction of sp³-hybridized carbons (Fsp3) is 0.438. The Hall–Kier alpha value is -2.42. The monoisotopic (exact) mass is 361 g/mol. The molecule has 1 fully saturated rings. The van der Waals surface area contributed by atoms with Gasteiger partial charge in [0.2, 0.25) is 5.91 Å². The molecule has 8 nitrogen and oxygen atoms in total. The number of aromatic nitrogens is 3. The molecular formula is C16H19N5O3S. The summed E-state index contributed by atoms with van der Waals surface area (Å²) in [7, 11) is 0. The van der Waals surface area contributed by atoms with Gasteiger partial charge in [-0.1, -0.05) is 37.7 Å². The van der Waals surface area contributed by atoms with Gasteiger partial charge in [0, 0.05) is 18.0 Å². The Bertz CT molecular complexity index is 801. The summed E-state index contributed by atoms with van der Waals surface area (Å²) in [5.74, 6) is 1.01. The van der Waals surface area contributed by atoms with Crippen molar-refractivity contribution in [2.45, 2.75) is 43.8 Å². The van der Waals surface area contributed by atoms with Gasteiger partial charge < -0.3 is 9.88 Å². The molecule has 9 heteroatoms. The second-order valence-electron chi connectivity index (χ2n) is 6.21. The summed E-state index contributed by atoms with van der Waals surface area (Å²) < 4.78 is 2.12.